The zero-order valence-corrected chi connectivity index (χ0v) is 11.0. The van der Waals surface area contributed by atoms with Crippen molar-refractivity contribution in [3.63, 3.8) is 0 Å². The lowest BCUT2D eigenvalue weighted by molar-refractivity contribution is 0.506. The third-order valence-corrected chi connectivity index (χ3v) is 3.21. The first-order valence-electron chi connectivity index (χ1n) is 6.05. The summed E-state index contributed by atoms with van der Waals surface area (Å²) in [7, 11) is 0. The Balaban J connectivity index is 2.51. The molecule has 0 radical (unpaired) electrons. The quantitative estimate of drug-likeness (QED) is 0.777. The van der Waals surface area contributed by atoms with E-state index in [-0.39, 0.29) is 5.54 Å². The lowest BCUT2D eigenvalue weighted by Gasteiger charge is -2.44. The summed E-state index contributed by atoms with van der Waals surface area (Å²) in [5.41, 5.74) is 4.11. The molecule has 0 amide bonds. The van der Waals surface area contributed by atoms with Gasteiger partial charge in [0.1, 0.15) is 0 Å². The van der Waals surface area contributed by atoms with E-state index in [0.29, 0.717) is 6.04 Å². The number of anilines is 2. The van der Waals surface area contributed by atoms with Crippen LogP contribution in [0.25, 0.3) is 0 Å². The number of hydrogen-bond acceptors (Lipinski definition) is 2. The van der Waals surface area contributed by atoms with Crippen LogP contribution in [0.2, 0.25) is 0 Å². The van der Waals surface area contributed by atoms with E-state index >= 15 is 0 Å². The van der Waals surface area contributed by atoms with Gasteiger partial charge in [-0.25, -0.2) is 0 Å². The lowest BCUT2D eigenvalue weighted by atomic mass is 9.96. The number of aryl methyl sites for hydroxylation is 1. The van der Waals surface area contributed by atoms with Crippen LogP contribution in [0, 0.1) is 6.92 Å². The van der Waals surface area contributed by atoms with Crippen LogP contribution >= 0.6 is 0 Å². The third-order valence-electron chi connectivity index (χ3n) is 3.21. The van der Waals surface area contributed by atoms with E-state index in [1.165, 1.54) is 16.9 Å². The van der Waals surface area contributed by atoms with Crippen LogP contribution in [0.5, 0.6) is 0 Å². The number of para-hydroxylation sites is 1. The zero-order chi connectivity index (χ0) is 11.9. The molecule has 0 saturated carbocycles. The molecule has 2 heteroatoms. The van der Waals surface area contributed by atoms with Crippen molar-refractivity contribution in [2.75, 3.05) is 16.8 Å². The monoisotopic (exact) mass is 218 g/mol. The van der Waals surface area contributed by atoms with Gasteiger partial charge in [-0.05, 0) is 46.2 Å². The number of fused-ring (bicyclic) bond motifs is 1. The first-order valence-corrected chi connectivity index (χ1v) is 6.05. The van der Waals surface area contributed by atoms with Crippen molar-refractivity contribution >= 4 is 11.4 Å². The predicted molar refractivity (Wildman–Crippen MR) is 71.4 cm³/mol. The molecule has 1 heterocycles. The Hall–Kier alpha value is -1.18. The van der Waals surface area contributed by atoms with Gasteiger partial charge in [-0.15, -0.1) is 0 Å². The molecular formula is C14H22N2. The van der Waals surface area contributed by atoms with Crippen molar-refractivity contribution in [1.29, 1.82) is 0 Å². The largest absolute Gasteiger partial charge is 0.376 e. The Morgan fingerprint density at radius 1 is 1.31 bits per heavy atom. The maximum Gasteiger partial charge on any atom is 0.0612 e. The molecule has 0 fully saturated rings. The van der Waals surface area contributed by atoms with Crippen LogP contribution in [0.1, 0.15) is 33.3 Å². The van der Waals surface area contributed by atoms with Gasteiger partial charge in [0.15, 0.2) is 0 Å². The standard InChI is InChI=1S/C14H22N2/c1-10(2)16-9-14(4,5)15-13-11(3)7-6-8-12(13)16/h6-8,10,15H,9H2,1-5H3. The Morgan fingerprint density at radius 2 is 2.00 bits per heavy atom. The number of rotatable bonds is 1. The van der Waals surface area contributed by atoms with Gasteiger partial charge >= 0.3 is 0 Å². The molecule has 88 valence electrons. The molecule has 1 aliphatic rings. The minimum absolute atomic E-state index is 0.142. The average Bonchev–Trinajstić information content (AvgIpc) is 2.17. The number of hydrogen-bond donors (Lipinski definition) is 1. The summed E-state index contributed by atoms with van der Waals surface area (Å²) < 4.78 is 0. The van der Waals surface area contributed by atoms with Gasteiger partial charge in [-0.2, -0.15) is 0 Å². The summed E-state index contributed by atoms with van der Waals surface area (Å²) in [5.74, 6) is 0. The van der Waals surface area contributed by atoms with Crippen LogP contribution < -0.4 is 10.2 Å². The minimum Gasteiger partial charge on any atom is -0.376 e. The third kappa shape index (κ3) is 1.89. The molecule has 16 heavy (non-hydrogen) atoms. The number of nitrogens with zero attached hydrogens (tertiary/aromatic N) is 1. The first-order chi connectivity index (χ1) is 7.41. The average molecular weight is 218 g/mol. The van der Waals surface area contributed by atoms with E-state index in [9.17, 15) is 0 Å². The molecule has 1 aromatic carbocycles. The highest BCUT2D eigenvalue weighted by Gasteiger charge is 2.31. The van der Waals surface area contributed by atoms with Gasteiger partial charge in [-0.1, -0.05) is 12.1 Å². The molecule has 0 saturated heterocycles. The Kier molecular flexibility index (Phi) is 2.61. The smallest absolute Gasteiger partial charge is 0.0612 e. The van der Waals surface area contributed by atoms with Gasteiger partial charge in [-0.3, -0.25) is 0 Å². The van der Waals surface area contributed by atoms with Crippen molar-refractivity contribution in [3.05, 3.63) is 23.8 Å². The molecule has 0 aromatic heterocycles. The Morgan fingerprint density at radius 3 is 2.62 bits per heavy atom. The van der Waals surface area contributed by atoms with Crippen LogP contribution in [0.15, 0.2) is 18.2 Å². The summed E-state index contributed by atoms with van der Waals surface area (Å²) >= 11 is 0. The lowest BCUT2D eigenvalue weighted by Crippen LogP contribution is -2.51. The molecule has 0 aliphatic carbocycles. The van der Waals surface area contributed by atoms with Crippen LogP contribution in [-0.2, 0) is 0 Å². The van der Waals surface area contributed by atoms with E-state index < -0.39 is 0 Å². The van der Waals surface area contributed by atoms with Crippen molar-refractivity contribution in [2.24, 2.45) is 0 Å². The summed E-state index contributed by atoms with van der Waals surface area (Å²) in [6, 6.07) is 7.07. The molecule has 1 N–H and O–H groups in total. The fourth-order valence-corrected chi connectivity index (χ4v) is 2.40. The summed E-state index contributed by atoms with van der Waals surface area (Å²) in [6.45, 7) is 12.3. The molecule has 0 bridgehead atoms. The highest BCUT2D eigenvalue weighted by atomic mass is 15.2. The predicted octanol–water partition coefficient (Wildman–Crippen LogP) is 3.41. The fourth-order valence-electron chi connectivity index (χ4n) is 2.40. The zero-order valence-electron chi connectivity index (χ0n) is 11.0. The minimum atomic E-state index is 0.142. The van der Waals surface area contributed by atoms with Gasteiger partial charge in [0.05, 0.1) is 11.4 Å². The van der Waals surface area contributed by atoms with Crippen molar-refractivity contribution in [2.45, 2.75) is 46.2 Å². The topological polar surface area (TPSA) is 15.3 Å². The van der Waals surface area contributed by atoms with Crippen LogP contribution in [0.4, 0.5) is 11.4 Å². The maximum atomic E-state index is 3.65. The van der Waals surface area contributed by atoms with Crippen molar-refractivity contribution < 1.29 is 0 Å². The van der Waals surface area contributed by atoms with E-state index in [1.54, 1.807) is 0 Å². The molecule has 2 rings (SSSR count). The van der Waals surface area contributed by atoms with Crippen molar-refractivity contribution in [1.82, 2.24) is 0 Å². The molecule has 0 spiro atoms. The molecule has 1 aliphatic heterocycles. The second-order valence-electron chi connectivity index (χ2n) is 5.70. The molecule has 2 nitrogen and oxygen atoms in total. The maximum absolute atomic E-state index is 3.65. The highest BCUT2D eigenvalue weighted by Crippen LogP contribution is 2.37. The van der Waals surface area contributed by atoms with E-state index in [0.717, 1.165) is 6.54 Å². The molecule has 0 unspecified atom stereocenters. The van der Waals surface area contributed by atoms with Gasteiger partial charge < -0.3 is 10.2 Å². The summed E-state index contributed by atoms with van der Waals surface area (Å²) in [4.78, 5) is 2.48. The SMILES string of the molecule is Cc1cccc2c1NC(C)(C)CN2C(C)C. The molecule has 0 atom stereocenters. The van der Waals surface area contributed by atoms with Crippen LogP contribution in [0.3, 0.4) is 0 Å². The van der Waals surface area contributed by atoms with Gasteiger partial charge in [0.25, 0.3) is 0 Å². The Bertz CT molecular complexity index is 394. The van der Waals surface area contributed by atoms with Crippen molar-refractivity contribution in [3.8, 4) is 0 Å². The normalized spacial score (nSPS) is 18.2. The fraction of sp³-hybridized carbons (Fsp3) is 0.571. The molecular weight excluding hydrogens is 196 g/mol. The van der Waals surface area contributed by atoms with Gasteiger partial charge in [0.2, 0.25) is 0 Å². The Labute approximate surface area is 98.7 Å². The van der Waals surface area contributed by atoms with E-state index in [4.69, 9.17) is 0 Å². The van der Waals surface area contributed by atoms with E-state index in [1.807, 2.05) is 0 Å². The second-order valence-corrected chi connectivity index (χ2v) is 5.70. The summed E-state index contributed by atoms with van der Waals surface area (Å²) in [6.07, 6.45) is 0. The highest BCUT2D eigenvalue weighted by molar-refractivity contribution is 5.76. The number of benzene rings is 1. The second kappa shape index (κ2) is 3.69. The first kappa shape index (κ1) is 11.3. The molecule has 1 aromatic rings. The van der Waals surface area contributed by atoms with Gasteiger partial charge in [0, 0.05) is 18.1 Å². The van der Waals surface area contributed by atoms with E-state index in [2.05, 4.69) is 63.0 Å². The van der Waals surface area contributed by atoms with Crippen LogP contribution in [-0.4, -0.2) is 18.1 Å². The number of nitrogens with one attached hydrogen (secondary N) is 1. The summed E-state index contributed by atoms with van der Waals surface area (Å²) in [5, 5.41) is 3.65.